The van der Waals surface area contributed by atoms with Crippen LogP contribution in [0.15, 0.2) is 145 Å². The van der Waals surface area contributed by atoms with Crippen molar-refractivity contribution in [2.24, 2.45) is 5.10 Å². The molecule has 0 fully saturated rings. The Labute approximate surface area is 281 Å². The molecule has 0 spiro atoms. The highest BCUT2D eigenvalue weighted by Gasteiger charge is 2.23. The standard InChI is InChI=1S/C37H28Cl2N4O4/c38-29-13-19-33(20-14-29)46-37(47-34-21-15-30(39)16-22-34)36(44)41-40-23-28-24-43(31-9-5-2-6-10-31)42-35(28)27-11-17-32(18-12-27)45-25-26-7-3-1-4-8-26/h1-24,37H,25H2,(H,41,44)/b40-23+. The second kappa shape index (κ2) is 15.1. The van der Waals surface area contributed by atoms with E-state index < -0.39 is 12.2 Å². The van der Waals surface area contributed by atoms with Crippen LogP contribution in [0.2, 0.25) is 10.0 Å². The minimum absolute atomic E-state index is 0.384. The minimum Gasteiger partial charge on any atom is -0.489 e. The van der Waals surface area contributed by atoms with E-state index in [0.29, 0.717) is 39.4 Å². The third-order valence-corrected chi connectivity index (χ3v) is 7.35. The summed E-state index contributed by atoms with van der Waals surface area (Å²) in [7, 11) is 0. The zero-order valence-electron chi connectivity index (χ0n) is 24.9. The van der Waals surface area contributed by atoms with Crippen molar-refractivity contribution in [1.29, 1.82) is 0 Å². The fourth-order valence-electron chi connectivity index (χ4n) is 4.49. The lowest BCUT2D eigenvalue weighted by Gasteiger charge is -2.19. The van der Waals surface area contributed by atoms with Crippen LogP contribution in [0.25, 0.3) is 16.9 Å². The molecule has 0 aliphatic carbocycles. The summed E-state index contributed by atoms with van der Waals surface area (Å²) in [6.07, 6.45) is 2.00. The zero-order valence-corrected chi connectivity index (χ0v) is 26.4. The maximum atomic E-state index is 13.3. The smallest absolute Gasteiger partial charge is 0.323 e. The number of halogens is 2. The molecule has 234 valence electrons. The molecule has 5 aromatic carbocycles. The van der Waals surface area contributed by atoms with Crippen LogP contribution >= 0.6 is 23.2 Å². The molecule has 1 amide bonds. The van der Waals surface area contributed by atoms with Gasteiger partial charge >= 0.3 is 12.2 Å². The first-order valence-corrected chi connectivity index (χ1v) is 15.4. The maximum absolute atomic E-state index is 13.3. The van der Waals surface area contributed by atoms with E-state index in [2.05, 4.69) is 10.5 Å². The number of hydrogen-bond donors (Lipinski definition) is 1. The Morgan fingerprint density at radius 2 is 1.30 bits per heavy atom. The molecule has 10 heteroatoms. The minimum atomic E-state index is -1.37. The van der Waals surface area contributed by atoms with E-state index in [9.17, 15) is 4.79 Å². The average Bonchev–Trinajstić information content (AvgIpc) is 3.54. The van der Waals surface area contributed by atoms with Gasteiger partial charge in [0.1, 0.15) is 29.5 Å². The van der Waals surface area contributed by atoms with Gasteiger partial charge in [-0.3, -0.25) is 4.79 Å². The summed E-state index contributed by atoms with van der Waals surface area (Å²) in [4.78, 5) is 13.3. The molecule has 6 rings (SSSR count). The van der Waals surface area contributed by atoms with Crippen molar-refractivity contribution in [1.82, 2.24) is 15.2 Å². The quantitative estimate of drug-likeness (QED) is 0.0808. The van der Waals surface area contributed by atoms with Crippen LogP contribution in [-0.2, 0) is 11.4 Å². The largest absolute Gasteiger partial charge is 0.489 e. The van der Waals surface area contributed by atoms with E-state index in [1.165, 1.54) is 6.21 Å². The summed E-state index contributed by atoms with van der Waals surface area (Å²) < 4.78 is 19.4. The first-order valence-electron chi connectivity index (χ1n) is 14.6. The average molecular weight is 664 g/mol. The predicted octanol–water partition coefficient (Wildman–Crippen LogP) is 8.36. The Morgan fingerprint density at radius 1 is 0.745 bits per heavy atom. The molecule has 0 bridgehead atoms. The summed E-state index contributed by atoms with van der Waals surface area (Å²) in [5.41, 5.74) is 6.65. The summed E-state index contributed by atoms with van der Waals surface area (Å²) >= 11 is 12.0. The number of nitrogens with one attached hydrogen (secondary N) is 1. The van der Waals surface area contributed by atoms with Gasteiger partial charge < -0.3 is 14.2 Å². The van der Waals surface area contributed by atoms with E-state index in [-0.39, 0.29) is 0 Å². The monoisotopic (exact) mass is 662 g/mol. The summed E-state index contributed by atoms with van der Waals surface area (Å²) in [5, 5.41) is 10.1. The van der Waals surface area contributed by atoms with Crippen LogP contribution in [0.5, 0.6) is 17.2 Å². The first-order chi connectivity index (χ1) is 23.0. The van der Waals surface area contributed by atoms with Gasteiger partial charge in [0.05, 0.1) is 11.9 Å². The van der Waals surface area contributed by atoms with Crippen molar-refractivity contribution < 1.29 is 19.0 Å². The van der Waals surface area contributed by atoms with Crippen LogP contribution in [0.4, 0.5) is 0 Å². The van der Waals surface area contributed by atoms with Gasteiger partial charge in [-0.1, -0.05) is 71.7 Å². The van der Waals surface area contributed by atoms with Gasteiger partial charge in [-0.15, -0.1) is 0 Å². The fraction of sp³-hybridized carbons (Fsp3) is 0.0541. The highest BCUT2D eigenvalue weighted by Crippen LogP contribution is 2.26. The van der Waals surface area contributed by atoms with Crippen LogP contribution in [0.3, 0.4) is 0 Å². The van der Waals surface area contributed by atoms with Crippen molar-refractivity contribution >= 4 is 35.3 Å². The van der Waals surface area contributed by atoms with Crippen LogP contribution < -0.4 is 19.6 Å². The van der Waals surface area contributed by atoms with E-state index in [1.807, 2.05) is 91.1 Å². The Bertz CT molecular complexity index is 1880. The second-order valence-corrected chi connectivity index (χ2v) is 11.1. The number of hydrogen-bond acceptors (Lipinski definition) is 6. The van der Waals surface area contributed by atoms with Gasteiger partial charge in [-0.25, -0.2) is 10.1 Å². The molecule has 1 aromatic heterocycles. The normalized spacial score (nSPS) is 11.0. The number of hydrazone groups is 1. The number of rotatable bonds is 12. The Kier molecular flexibility index (Phi) is 10.1. The van der Waals surface area contributed by atoms with E-state index >= 15 is 0 Å². The second-order valence-electron chi connectivity index (χ2n) is 10.2. The third-order valence-electron chi connectivity index (χ3n) is 6.85. The molecule has 1 heterocycles. The van der Waals surface area contributed by atoms with Crippen molar-refractivity contribution in [3.8, 4) is 34.2 Å². The molecule has 0 atom stereocenters. The first kappa shape index (κ1) is 31.4. The lowest BCUT2D eigenvalue weighted by atomic mass is 10.1. The topological polar surface area (TPSA) is 87.0 Å². The van der Waals surface area contributed by atoms with Crippen molar-refractivity contribution in [3.05, 3.63) is 161 Å². The molecule has 1 N–H and O–H groups in total. The number of aromatic nitrogens is 2. The molecule has 6 aromatic rings. The van der Waals surface area contributed by atoms with Gasteiger partial charge in [0.15, 0.2) is 0 Å². The molecule has 0 radical (unpaired) electrons. The maximum Gasteiger partial charge on any atom is 0.323 e. The highest BCUT2D eigenvalue weighted by atomic mass is 35.5. The molecular weight excluding hydrogens is 635 g/mol. The number of amides is 1. The molecule has 0 saturated heterocycles. The lowest BCUT2D eigenvalue weighted by Crippen LogP contribution is -2.40. The van der Waals surface area contributed by atoms with Crippen molar-refractivity contribution in [3.63, 3.8) is 0 Å². The number of carbonyl (C=O) groups excluding carboxylic acids is 1. The van der Waals surface area contributed by atoms with Gasteiger partial charge in [-0.05, 0) is 90.5 Å². The van der Waals surface area contributed by atoms with Gasteiger partial charge in [0.25, 0.3) is 0 Å². The predicted molar refractivity (Wildman–Crippen MR) is 183 cm³/mol. The zero-order chi connectivity index (χ0) is 32.4. The van der Waals surface area contributed by atoms with Crippen molar-refractivity contribution in [2.45, 2.75) is 12.9 Å². The number of nitrogens with zero attached hydrogens (tertiary/aromatic N) is 3. The lowest BCUT2D eigenvalue weighted by molar-refractivity contribution is -0.140. The van der Waals surface area contributed by atoms with Crippen LogP contribution in [-0.4, -0.2) is 28.2 Å². The van der Waals surface area contributed by atoms with E-state index in [4.69, 9.17) is 42.5 Å². The Hall–Kier alpha value is -5.57. The molecule has 47 heavy (non-hydrogen) atoms. The molecule has 0 aliphatic heterocycles. The van der Waals surface area contributed by atoms with E-state index in [1.54, 1.807) is 53.2 Å². The summed E-state index contributed by atoms with van der Waals surface area (Å²) in [6.45, 7) is 0.463. The van der Waals surface area contributed by atoms with Gasteiger partial charge in [-0.2, -0.15) is 10.2 Å². The number of para-hydroxylation sites is 1. The van der Waals surface area contributed by atoms with E-state index in [0.717, 1.165) is 22.6 Å². The SMILES string of the molecule is O=C(N/N=C/c1cn(-c2ccccc2)nc1-c1ccc(OCc2ccccc2)cc1)C(Oc1ccc(Cl)cc1)Oc1ccc(Cl)cc1. The number of benzene rings is 5. The Balaban J connectivity index is 1.21. The molecular formula is C37H28Cl2N4O4. The number of carbonyl (C=O) groups is 1. The summed E-state index contributed by atoms with van der Waals surface area (Å²) in [6, 6.07) is 40.5. The molecule has 8 nitrogen and oxygen atoms in total. The van der Waals surface area contributed by atoms with Crippen molar-refractivity contribution in [2.75, 3.05) is 0 Å². The molecule has 0 aliphatic rings. The van der Waals surface area contributed by atoms with Gasteiger partial charge in [0, 0.05) is 27.4 Å². The van der Waals surface area contributed by atoms with Gasteiger partial charge in [0.2, 0.25) is 0 Å². The fourth-order valence-corrected chi connectivity index (χ4v) is 4.74. The van der Waals surface area contributed by atoms with Crippen LogP contribution in [0.1, 0.15) is 11.1 Å². The number of ether oxygens (including phenoxy) is 3. The molecule has 0 saturated carbocycles. The van der Waals surface area contributed by atoms with Crippen LogP contribution in [0, 0.1) is 0 Å². The highest BCUT2D eigenvalue weighted by molar-refractivity contribution is 6.30. The molecule has 0 unspecified atom stereocenters. The third kappa shape index (κ3) is 8.58. The Morgan fingerprint density at radius 3 is 1.89 bits per heavy atom. The summed E-state index contributed by atoms with van der Waals surface area (Å²) in [5.74, 6) is 0.864.